The molecule has 0 bridgehead atoms. The predicted molar refractivity (Wildman–Crippen MR) is 87.6 cm³/mol. The van der Waals surface area contributed by atoms with Crippen molar-refractivity contribution in [1.29, 1.82) is 0 Å². The Morgan fingerprint density at radius 3 is 2.90 bits per heavy atom. The number of fused-ring (bicyclic) bond motifs is 1. The Morgan fingerprint density at radius 2 is 2.10 bits per heavy atom. The highest BCUT2D eigenvalue weighted by atomic mass is 32.2. The van der Waals surface area contributed by atoms with Gasteiger partial charge in [-0.25, -0.2) is 4.39 Å². The molecule has 2 aromatic carbocycles. The summed E-state index contributed by atoms with van der Waals surface area (Å²) in [6.07, 6.45) is 0.861. The zero-order valence-electron chi connectivity index (χ0n) is 12.4. The lowest BCUT2D eigenvalue weighted by atomic mass is 9.88. The van der Waals surface area contributed by atoms with E-state index in [0.717, 1.165) is 23.3 Å². The van der Waals surface area contributed by atoms with E-state index in [4.69, 9.17) is 0 Å². The number of rotatable bonds is 4. The monoisotopic (exact) mass is 301 g/mol. The second-order valence-corrected chi connectivity index (χ2v) is 6.69. The van der Waals surface area contributed by atoms with Crippen LogP contribution in [0.2, 0.25) is 0 Å². The van der Waals surface area contributed by atoms with Crippen molar-refractivity contribution in [3.8, 4) is 0 Å². The van der Waals surface area contributed by atoms with E-state index in [0.29, 0.717) is 12.0 Å². The molecule has 1 N–H and O–H groups in total. The fraction of sp³-hybridized carbons (Fsp3) is 0.333. The first-order valence-electron chi connectivity index (χ1n) is 7.33. The summed E-state index contributed by atoms with van der Waals surface area (Å²) >= 11 is 1.92. The van der Waals surface area contributed by atoms with Crippen molar-refractivity contribution in [2.45, 2.75) is 30.2 Å². The Balaban J connectivity index is 1.85. The Labute approximate surface area is 130 Å². The van der Waals surface area contributed by atoms with Crippen LogP contribution in [0.3, 0.4) is 0 Å². The number of halogens is 1. The molecule has 1 aliphatic heterocycles. The van der Waals surface area contributed by atoms with E-state index in [2.05, 4.69) is 36.5 Å². The number of likely N-dealkylation sites (N-methyl/N-ethyl adjacent to an activating group) is 1. The predicted octanol–water partition coefficient (Wildman–Crippen LogP) is 4.15. The van der Waals surface area contributed by atoms with Gasteiger partial charge in [-0.3, -0.25) is 0 Å². The van der Waals surface area contributed by atoms with Crippen LogP contribution in [0.1, 0.15) is 22.6 Å². The van der Waals surface area contributed by atoms with Crippen LogP contribution in [-0.4, -0.2) is 18.8 Å². The largest absolute Gasteiger partial charge is 0.316 e. The Bertz CT molecular complexity index is 641. The molecule has 0 fully saturated rings. The summed E-state index contributed by atoms with van der Waals surface area (Å²) in [7, 11) is 2.00. The van der Waals surface area contributed by atoms with Gasteiger partial charge in [-0.1, -0.05) is 24.3 Å². The van der Waals surface area contributed by atoms with Gasteiger partial charge in [0.15, 0.2) is 0 Å². The molecule has 3 rings (SSSR count). The molecular formula is C18H20FNS. The first-order chi connectivity index (χ1) is 10.2. The summed E-state index contributed by atoms with van der Waals surface area (Å²) in [5, 5.41) is 3.44. The lowest BCUT2D eigenvalue weighted by Gasteiger charge is -2.24. The van der Waals surface area contributed by atoms with E-state index in [-0.39, 0.29) is 5.82 Å². The minimum Gasteiger partial charge on any atom is -0.316 e. The summed E-state index contributed by atoms with van der Waals surface area (Å²) in [4.78, 5) is 1.39. The molecule has 1 nitrogen and oxygen atoms in total. The second-order valence-electron chi connectivity index (χ2n) is 5.63. The van der Waals surface area contributed by atoms with Crippen LogP contribution < -0.4 is 5.32 Å². The van der Waals surface area contributed by atoms with Gasteiger partial charge in [0.25, 0.3) is 0 Å². The highest BCUT2D eigenvalue weighted by Gasteiger charge is 2.29. The van der Waals surface area contributed by atoms with Crippen molar-refractivity contribution in [1.82, 2.24) is 5.32 Å². The van der Waals surface area contributed by atoms with Crippen molar-refractivity contribution < 1.29 is 4.39 Å². The number of hydrogen-bond acceptors (Lipinski definition) is 2. The third kappa shape index (κ3) is 2.99. The number of thioether (sulfide) groups is 1. The number of benzene rings is 2. The lowest BCUT2D eigenvalue weighted by Crippen LogP contribution is -2.34. The van der Waals surface area contributed by atoms with Crippen LogP contribution >= 0.6 is 11.8 Å². The van der Waals surface area contributed by atoms with E-state index >= 15 is 0 Å². The van der Waals surface area contributed by atoms with Gasteiger partial charge in [0.05, 0.1) is 0 Å². The molecule has 0 saturated heterocycles. The van der Waals surface area contributed by atoms with Gasteiger partial charge in [0, 0.05) is 22.6 Å². The van der Waals surface area contributed by atoms with Crippen LogP contribution in [0.15, 0.2) is 47.4 Å². The van der Waals surface area contributed by atoms with Gasteiger partial charge in [0.1, 0.15) is 5.82 Å². The average Bonchev–Trinajstić information content (AvgIpc) is 2.92. The summed E-state index contributed by atoms with van der Waals surface area (Å²) in [6, 6.07) is 14.0. The second kappa shape index (κ2) is 6.20. The van der Waals surface area contributed by atoms with E-state index < -0.39 is 0 Å². The molecule has 0 amide bonds. The maximum Gasteiger partial charge on any atom is 0.123 e. The molecule has 0 spiro atoms. The highest BCUT2D eigenvalue weighted by Crippen LogP contribution is 2.41. The van der Waals surface area contributed by atoms with Crippen molar-refractivity contribution in [3.63, 3.8) is 0 Å². The number of hydrogen-bond donors (Lipinski definition) is 1. The standard InChI is InChI=1S/C18H20FNS/c1-12-7-8-14(19)9-13(12)10-17(20-2)16-11-21-18-6-4-3-5-15(16)18/h3-9,16-17,20H,10-11H2,1-2H3. The number of nitrogens with one attached hydrogen (secondary N) is 1. The third-order valence-corrected chi connectivity index (χ3v) is 5.55. The minimum absolute atomic E-state index is 0.147. The maximum absolute atomic E-state index is 13.5. The van der Waals surface area contributed by atoms with Crippen molar-refractivity contribution in [3.05, 3.63) is 65.0 Å². The molecule has 2 atom stereocenters. The number of aryl methyl sites for hydroxylation is 1. The van der Waals surface area contributed by atoms with Crippen molar-refractivity contribution >= 4 is 11.8 Å². The molecule has 0 aromatic heterocycles. The molecule has 0 radical (unpaired) electrons. The molecule has 0 saturated carbocycles. The van der Waals surface area contributed by atoms with Crippen LogP contribution in [-0.2, 0) is 6.42 Å². The fourth-order valence-electron chi connectivity index (χ4n) is 3.06. The SMILES string of the molecule is CNC(Cc1cc(F)ccc1C)C1CSc2ccccc21. The van der Waals surface area contributed by atoms with E-state index in [9.17, 15) is 4.39 Å². The fourth-order valence-corrected chi connectivity index (χ4v) is 4.39. The third-order valence-electron chi connectivity index (χ3n) is 4.34. The molecule has 2 aromatic rings. The van der Waals surface area contributed by atoms with Gasteiger partial charge in [-0.15, -0.1) is 11.8 Å². The van der Waals surface area contributed by atoms with Crippen LogP contribution in [0.25, 0.3) is 0 Å². The van der Waals surface area contributed by atoms with Gasteiger partial charge < -0.3 is 5.32 Å². The van der Waals surface area contributed by atoms with Crippen molar-refractivity contribution in [2.75, 3.05) is 12.8 Å². The molecule has 3 heteroatoms. The molecule has 0 aliphatic carbocycles. The first-order valence-corrected chi connectivity index (χ1v) is 8.31. The smallest absolute Gasteiger partial charge is 0.123 e. The molecule has 1 aliphatic rings. The topological polar surface area (TPSA) is 12.0 Å². The average molecular weight is 301 g/mol. The lowest BCUT2D eigenvalue weighted by molar-refractivity contribution is 0.487. The minimum atomic E-state index is -0.147. The van der Waals surface area contributed by atoms with Gasteiger partial charge >= 0.3 is 0 Å². The van der Waals surface area contributed by atoms with E-state index in [1.165, 1.54) is 16.5 Å². The maximum atomic E-state index is 13.5. The van der Waals surface area contributed by atoms with Crippen LogP contribution in [0.5, 0.6) is 0 Å². The summed E-state index contributed by atoms with van der Waals surface area (Å²) in [6.45, 7) is 2.05. The molecule has 110 valence electrons. The Morgan fingerprint density at radius 1 is 1.29 bits per heavy atom. The van der Waals surface area contributed by atoms with E-state index in [1.54, 1.807) is 6.07 Å². The van der Waals surface area contributed by atoms with Gasteiger partial charge in [-0.05, 0) is 55.3 Å². The molecular weight excluding hydrogens is 281 g/mol. The summed E-state index contributed by atoms with van der Waals surface area (Å²) in [5.74, 6) is 1.43. The molecule has 2 unspecified atom stereocenters. The summed E-state index contributed by atoms with van der Waals surface area (Å²) < 4.78 is 13.5. The van der Waals surface area contributed by atoms with Gasteiger partial charge in [0.2, 0.25) is 0 Å². The summed E-state index contributed by atoms with van der Waals surface area (Å²) in [5.41, 5.74) is 3.69. The van der Waals surface area contributed by atoms with E-state index in [1.807, 2.05) is 24.9 Å². The highest BCUT2D eigenvalue weighted by molar-refractivity contribution is 7.99. The quantitative estimate of drug-likeness (QED) is 0.910. The zero-order valence-corrected chi connectivity index (χ0v) is 13.2. The zero-order chi connectivity index (χ0) is 14.8. The Hall–Kier alpha value is -1.32. The molecule has 1 heterocycles. The van der Waals surface area contributed by atoms with Crippen molar-refractivity contribution in [2.24, 2.45) is 0 Å². The van der Waals surface area contributed by atoms with Crippen LogP contribution in [0, 0.1) is 12.7 Å². The Kier molecular flexibility index (Phi) is 4.32. The normalized spacial score (nSPS) is 18.5. The molecule has 21 heavy (non-hydrogen) atoms. The van der Waals surface area contributed by atoms with Crippen LogP contribution in [0.4, 0.5) is 4.39 Å². The van der Waals surface area contributed by atoms with Gasteiger partial charge in [-0.2, -0.15) is 0 Å². The first kappa shape index (κ1) is 14.6.